The van der Waals surface area contributed by atoms with Gasteiger partial charge in [-0.15, -0.1) is 0 Å². The Morgan fingerprint density at radius 3 is 2.57 bits per heavy atom. The lowest BCUT2D eigenvalue weighted by Gasteiger charge is -2.24. The van der Waals surface area contributed by atoms with E-state index in [9.17, 15) is 5.11 Å². The van der Waals surface area contributed by atoms with Gasteiger partial charge >= 0.3 is 0 Å². The fourth-order valence-electron chi connectivity index (χ4n) is 2.91. The number of hydrogen-bond donors (Lipinski definition) is 1. The summed E-state index contributed by atoms with van der Waals surface area (Å²) in [7, 11) is 1.66. The van der Waals surface area contributed by atoms with Gasteiger partial charge in [0.25, 0.3) is 0 Å². The standard InChI is InChI=1S/C22H24BrNO4/c1-26-21-5-2-4-17(12-21)13-24(15-22-6-3-11-27-22)14-19(25)16-28-20-9-7-18(23)8-10-20/h2-12,19,25H,13-16H2,1H3. The van der Waals surface area contributed by atoms with Crippen LogP contribution >= 0.6 is 15.9 Å². The zero-order chi connectivity index (χ0) is 19.8. The number of aliphatic hydroxyl groups is 1. The molecule has 148 valence electrons. The van der Waals surface area contributed by atoms with E-state index in [1.807, 2.05) is 60.7 Å². The van der Waals surface area contributed by atoms with E-state index in [-0.39, 0.29) is 6.61 Å². The zero-order valence-corrected chi connectivity index (χ0v) is 17.3. The number of nitrogens with zero attached hydrogens (tertiary/aromatic N) is 1. The van der Waals surface area contributed by atoms with Gasteiger partial charge in [0.05, 0.1) is 19.9 Å². The van der Waals surface area contributed by atoms with Gasteiger partial charge in [0.2, 0.25) is 0 Å². The highest BCUT2D eigenvalue weighted by atomic mass is 79.9. The molecule has 3 aromatic rings. The quantitative estimate of drug-likeness (QED) is 0.497. The number of benzene rings is 2. The van der Waals surface area contributed by atoms with Gasteiger partial charge in [0.15, 0.2) is 0 Å². The Morgan fingerprint density at radius 2 is 1.86 bits per heavy atom. The van der Waals surface area contributed by atoms with Crippen LogP contribution in [0.5, 0.6) is 11.5 Å². The van der Waals surface area contributed by atoms with Crippen molar-refractivity contribution in [2.45, 2.75) is 19.2 Å². The molecule has 0 spiro atoms. The van der Waals surface area contributed by atoms with Crippen LogP contribution < -0.4 is 9.47 Å². The second-order valence-corrected chi connectivity index (χ2v) is 7.43. The first-order valence-corrected chi connectivity index (χ1v) is 9.86. The maximum atomic E-state index is 10.5. The second-order valence-electron chi connectivity index (χ2n) is 6.52. The number of halogens is 1. The monoisotopic (exact) mass is 445 g/mol. The highest BCUT2D eigenvalue weighted by Crippen LogP contribution is 2.18. The number of rotatable bonds is 10. The summed E-state index contributed by atoms with van der Waals surface area (Å²) in [4.78, 5) is 2.13. The number of furan rings is 1. The first kappa shape index (κ1) is 20.5. The molecular formula is C22H24BrNO4. The van der Waals surface area contributed by atoms with E-state index in [1.54, 1.807) is 13.4 Å². The van der Waals surface area contributed by atoms with Crippen LogP contribution in [0.2, 0.25) is 0 Å². The van der Waals surface area contributed by atoms with Crippen LogP contribution in [0, 0.1) is 0 Å². The number of ether oxygens (including phenoxy) is 2. The fraction of sp³-hybridized carbons (Fsp3) is 0.273. The fourth-order valence-corrected chi connectivity index (χ4v) is 3.18. The summed E-state index contributed by atoms with van der Waals surface area (Å²) in [6.45, 7) is 1.93. The van der Waals surface area contributed by atoms with Crippen molar-refractivity contribution >= 4 is 15.9 Å². The smallest absolute Gasteiger partial charge is 0.119 e. The van der Waals surface area contributed by atoms with Crippen molar-refractivity contribution in [2.24, 2.45) is 0 Å². The highest BCUT2D eigenvalue weighted by Gasteiger charge is 2.15. The molecule has 1 N–H and O–H groups in total. The van der Waals surface area contributed by atoms with Gasteiger partial charge in [0, 0.05) is 17.6 Å². The molecule has 2 aromatic carbocycles. The summed E-state index contributed by atoms with van der Waals surface area (Å²) in [6.07, 6.45) is 1.02. The zero-order valence-electron chi connectivity index (χ0n) is 15.8. The van der Waals surface area contributed by atoms with Crippen LogP contribution in [0.15, 0.2) is 75.8 Å². The highest BCUT2D eigenvalue weighted by molar-refractivity contribution is 9.10. The lowest BCUT2D eigenvalue weighted by molar-refractivity contribution is 0.0604. The maximum Gasteiger partial charge on any atom is 0.119 e. The Kier molecular flexibility index (Phi) is 7.54. The molecule has 0 bridgehead atoms. The number of aliphatic hydroxyl groups excluding tert-OH is 1. The molecule has 1 aromatic heterocycles. The van der Waals surface area contributed by atoms with Crippen LogP contribution in [-0.2, 0) is 13.1 Å². The molecule has 6 heteroatoms. The minimum atomic E-state index is -0.635. The Balaban J connectivity index is 1.61. The molecule has 1 unspecified atom stereocenters. The van der Waals surface area contributed by atoms with E-state index < -0.39 is 6.10 Å². The van der Waals surface area contributed by atoms with Crippen molar-refractivity contribution in [3.8, 4) is 11.5 Å². The normalized spacial score (nSPS) is 12.1. The number of hydrogen-bond acceptors (Lipinski definition) is 5. The average Bonchev–Trinajstić information content (AvgIpc) is 3.20. The van der Waals surface area contributed by atoms with E-state index in [0.29, 0.717) is 19.6 Å². The molecule has 0 amide bonds. The molecule has 0 fully saturated rings. The molecule has 0 saturated heterocycles. The van der Waals surface area contributed by atoms with Crippen LogP contribution in [0.3, 0.4) is 0 Å². The molecular weight excluding hydrogens is 422 g/mol. The summed E-state index contributed by atoms with van der Waals surface area (Å²) in [6, 6.07) is 19.3. The molecule has 1 atom stereocenters. The van der Waals surface area contributed by atoms with Crippen molar-refractivity contribution in [3.05, 3.63) is 82.7 Å². The van der Waals surface area contributed by atoms with Crippen LogP contribution in [0.25, 0.3) is 0 Å². The molecule has 0 radical (unpaired) electrons. The summed E-state index contributed by atoms with van der Waals surface area (Å²) >= 11 is 3.40. The first-order valence-electron chi connectivity index (χ1n) is 9.06. The van der Waals surface area contributed by atoms with Gasteiger partial charge in [-0.3, -0.25) is 4.90 Å². The molecule has 0 saturated carbocycles. The van der Waals surface area contributed by atoms with Crippen molar-refractivity contribution in [1.82, 2.24) is 4.90 Å². The van der Waals surface area contributed by atoms with Crippen molar-refractivity contribution in [3.63, 3.8) is 0 Å². The minimum Gasteiger partial charge on any atom is -0.497 e. The Labute approximate surface area is 173 Å². The van der Waals surface area contributed by atoms with Crippen molar-refractivity contribution in [2.75, 3.05) is 20.3 Å². The lowest BCUT2D eigenvalue weighted by Crippen LogP contribution is -2.35. The van der Waals surface area contributed by atoms with E-state index in [0.717, 1.165) is 27.3 Å². The van der Waals surface area contributed by atoms with Crippen molar-refractivity contribution < 1.29 is 19.0 Å². The van der Waals surface area contributed by atoms with Crippen LogP contribution in [0.1, 0.15) is 11.3 Å². The molecule has 5 nitrogen and oxygen atoms in total. The largest absolute Gasteiger partial charge is 0.497 e. The third-order valence-electron chi connectivity index (χ3n) is 4.22. The van der Waals surface area contributed by atoms with Crippen LogP contribution in [0.4, 0.5) is 0 Å². The Hall–Kier alpha value is -2.28. The van der Waals surface area contributed by atoms with E-state index in [4.69, 9.17) is 13.9 Å². The van der Waals surface area contributed by atoms with Gasteiger partial charge in [-0.25, -0.2) is 0 Å². The number of methoxy groups -OCH3 is 1. The molecule has 0 aliphatic rings. The molecule has 0 aliphatic heterocycles. The Bertz CT molecular complexity index is 836. The van der Waals surface area contributed by atoms with Crippen LogP contribution in [-0.4, -0.2) is 36.4 Å². The second kappa shape index (κ2) is 10.3. The van der Waals surface area contributed by atoms with Gasteiger partial charge in [0.1, 0.15) is 30.0 Å². The molecule has 3 rings (SSSR count). The summed E-state index contributed by atoms with van der Waals surface area (Å²) in [5.41, 5.74) is 1.10. The first-order chi connectivity index (χ1) is 13.6. The van der Waals surface area contributed by atoms with E-state index in [1.165, 1.54) is 0 Å². The van der Waals surface area contributed by atoms with Gasteiger partial charge in [-0.1, -0.05) is 28.1 Å². The van der Waals surface area contributed by atoms with Crippen molar-refractivity contribution in [1.29, 1.82) is 0 Å². The van der Waals surface area contributed by atoms with Gasteiger partial charge in [-0.2, -0.15) is 0 Å². The average molecular weight is 446 g/mol. The lowest BCUT2D eigenvalue weighted by atomic mass is 10.2. The molecule has 28 heavy (non-hydrogen) atoms. The van der Waals surface area contributed by atoms with E-state index >= 15 is 0 Å². The summed E-state index contributed by atoms with van der Waals surface area (Å²) in [5, 5.41) is 10.5. The summed E-state index contributed by atoms with van der Waals surface area (Å²) < 4.78 is 17.5. The predicted molar refractivity (Wildman–Crippen MR) is 111 cm³/mol. The SMILES string of the molecule is COc1cccc(CN(Cc2ccco2)CC(O)COc2ccc(Br)cc2)c1. The predicted octanol–water partition coefficient (Wildman–Crippen LogP) is 4.49. The summed E-state index contributed by atoms with van der Waals surface area (Å²) in [5.74, 6) is 2.39. The minimum absolute atomic E-state index is 0.217. The molecule has 0 aliphatic carbocycles. The van der Waals surface area contributed by atoms with E-state index in [2.05, 4.69) is 20.8 Å². The van der Waals surface area contributed by atoms with Gasteiger partial charge < -0.3 is 19.0 Å². The topological polar surface area (TPSA) is 55.1 Å². The third kappa shape index (κ3) is 6.41. The Morgan fingerprint density at radius 1 is 1.04 bits per heavy atom. The van der Waals surface area contributed by atoms with Gasteiger partial charge in [-0.05, 0) is 54.1 Å². The molecule has 1 heterocycles. The third-order valence-corrected chi connectivity index (χ3v) is 4.75. The maximum absolute atomic E-state index is 10.5.